The van der Waals surface area contributed by atoms with Crippen LogP contribution in [0, 0.1) is 0 Å². The molecule has 3 aromatic carbocycles. The van der Waals surface area contributed by atoms with Crippen molar-refractivity contribution in [3.05, 3.63) is 102 Å². The Morgan fingerprint density at radius 1 is 0.590 bits per heavy atom. The molecule has 0 aliphatic carbocycles. The molecule has 0 unspecified atom stereocenters. The van der Waals surface area contributed by atoms with Gasteiger partial charge in [-0.1, -0.05) is 72.8 Å². The molecule has 0 aliphatic heterocycles. The number of aromatic nitrogens is 3. The third kappa shape index (κ3) is 9.97. The van der Waals surface area contributed by atoms with E-state index in [1.54, 1.807) is 0 Å². The number of aryl methyl sites for hydroxylation is 2. The van der Waals surface area contributed by atoms with Gasteiger partial charge in [0.05, 0.1) is 26.4 Å². The average Bonchev–Trinajstić information content (AvgIpc) is 2.98. The summed E-state index contributed by atoms with van der Waals surface area (Å²) in [6.07, 6.45) is 1.95. The van der Waals surface area contributed by atoms with Crippen molar-refractivity contribution < 1.29 is 9.47 Å². The quantitative estimate of drug-likeness (QED) is 0.148. The lowest BCUT2D eigenvalue weighted by Crippen LogP contribution is -2.17. The molecule has 0 saturated heterocycles. The molecule has 0 aliphatic rings. The molecule has 0 saturated carbocycles. The van der Waals surface area contributed by atoms with Gasteiger partial charge >= 0.3 is 0 Å². The number of hydrogen-bond donors (Lipinski definition) is 4. The van der Waals surface area contributed by atoms with Gasteiger partial charge < -0.3 is 31.2 Å². The molecule has 9 nitrogen and oxygen atoms in total. The maximum absolute atomic E-state index is 5.60. The maximum Gasteiger partial charge on any atom is 0.233 e. The molecule has 0 radical (unpaired) electrons. The maximum atomic E-state index is 5.60. The van der Waals surface area contributed by atoms with Crippen molar-refractivity contribution in [2.24, 2.45) is 5.73 Å². The van der Waals surface area contributed by atoms with Gasteiger partial charge in [0.25, 0.3) is 0 Å². The summed E-state index contributed by atoms with van der Waals surface area (Å²) in [7, 11) is 0. The van der Waals surface area contributed by atoms with Crippen LogP contribution in [0.1, 0.15) is 16.7 Å². The van der Waals surface area contributed by atoms with Gasteiger partial charge in [0.2, 0.25) is 17.8 Å². The number of benzene rings is 3. The van der Waals surface area contributed by atoms with Crippen LogP contribution in [-0.2, 0) is 28.9 Å². The van der Waals surface area contributed by atoms with Gasteiger partial charge in [-0.15, -0.1) is 0 Å². The molecule has 1 aromatic heterocycles. The zero-order valence-electron chi connectivity index (χ0n) is 22.2. The Bertz CT molecular complexity index is 1240. The summed E-state index contributed by atoms with van der Waals surface area (Å²) in [5, 5.41) is 9.89. The molecule has 9 heteroatoms. The van der Waals surface area contributed by atoms with Crippen molar-refractivity contribution in [1.29, 1.82) is 0 Å². The van der Waals surface area contributed by atoms with Gasteiger partial charge in [-0.3, -0.25) is 0 Å². The van der Waals surface area contributed by atoms with Crippen LogP contribution in [0.4, 0.5) is 23.5 Å². The second-order valence-corrected chi connectivity index (χ2v) is 8.85. The van der Waals surface area contributed by atoms with Gasteiger partial charge in [0, 0.05) is 25.3 Å². The summed E-state index contributed by atoms with van der Waals surface area (Å²) in [6.45, 7) is 3.73. The van der Waals surface area contributed by atoms with E-state index >= 15 is 0 Å². The molecule has 1 heterocycles. The smallest absolute Gasteiger partial charge is 0.233 e. The van der Waals surface area contributed by atoms with Crippen molar-refractivity contribution in [2.75, 3.05) is 55.5 Å². The first-order chi connectivity index (χ1) is 19.3. The standard InChI is InChI=1S/C30H37N7O2/c31-17-19-38-21-22-39-20-18-32-28-35-29(37-30(36-28)34-27-13-5-2-6-14-27)33-23-26-12-8-7-11-25(26)16-15-24-9-3-1-4-10-24/h1-14H,15-23,31H2,(H3,32,33,34,35,36,37). The van der Waals surface area contributed by atoms with Crippen LogP contribution in [0.5, 0.6) is 0 Å². The Morgan fingerprint density at radius 3 is 1.95 bits per heavy atom. The van der Waals surface area contributed by atoms with Crippen molar-refractivity contribution in [2.45, 2.75) is 19.4 Å². The predicted octanol–water partition coefficient (Wildman–Crippen LogP) is 4.42. The third-order valence-electron chi connectivity index (χ3n) is 5.91. The molecule has 0 spiro atoms. The average molecular weight is 528 g/mol. The van der Waals surface area contributed by atoms with E-state index in [-0.39, 0.29) is 0 Å². The van der Waals surface area contributed by atoms with Crippen LogP contribution in [-0.4, -0.2) is 54.5 Å². The predicted molar refractivity (Wildman–Crippen MR) is 156 cm³/mol. The van der Waals surface area contributed by atoms with Gasteiger partial charge in [-0.25, -0.2) is 0 Å². The fourth-order valence-electron chi connectivity index (χ4n) is 3.95. The molecule has 0 amide bonds. The topological polar surface area (TPSA) is 119 Å². The number of hydrogen-bond acceptors (Lipinski definition) is 9. The summed E-state index contributed by atoms with van der Waals surface area (Å²) in [4.78, 5) is 13.7. The SMILES string of the molecule is NCCOCCOCCNc1nc(NCc2ccccc2CCc2ccccc2)nc(Nc2ccccc2)n1. The molecule has 39 heavy (non-hydrogen) atoms. The Morgan fingerprint density at radius 2 is 1.21 bits per heavy atom. The number of ether oxygens (including phenoxy) is 2. The first kappa shape index (κ1) is 28.0. The number of rotatable bonds is 17. The zero-order valence-corrected chi connectivity index (χ0v) is 22.2. The first-order valence-corrected chi connectivity index (χ1v) is 13.3. The highest BCUT2D eigenvalue weighted by Crippen LogP contribution is 2.18. The number of para-hydroxylation sites is 1. The van der Waals surface area contributed by atoms with E-state index in [0.29, 0.717) is 63.9 Å². The van der Waals surface area contributed by atoms with E-state index < -0.39 is 0 Å². The zero-order chi connectivity index (χ0) is 27.0. The second-order valence-electron chi connectivity index (χ2n) is 8.85. The molecule has 204 valence electrons. The van der Waals surface area contributed by atoms with Crippen LogP contribution in [0.3, 0.4) is 0 Å². The first-order valence-electron chi connectivity index (χ1n) is 13.3. The van der Waals surface area contributed by atoms with Crippen LogP contribution in [0.25, 0.3) is 0 Å². The van der Waals surface area contributed by atoms with Crippen molar-refractivity contribution in [1.82, 2.24) is 15.0 Å². The van der Waals surface area contributed by atoms with E-state index in [1.165, 1.54) is 16.7 Å². The van der Waals surface area contributed by atoms with Gasteiger partial charge in [0.15, 0.2) is 0 Å². The third-order valence-corrected chi connectivity index (χ3v) is 5.91. The lowest BCUT2D eigenvalue weighted by atomic mass is 10.00. The minimum absolute atomic E-state index is 0.453. The molecule has 0 bridgehead atoms. The Balaban J connectivity index is 1.38. The number of nitrogens with one attached hydrogen (secondary N) is 3. The van der Waals surface area contributed by atoms with Crippen LogP contribution in [0.15, 0.2) is 84.9 Å². The van der Waals surface area contributed by atoms with Crippen molar-refractivity contribution >= 4 is 23.5 Å². The van der Waals surface area contributed by atoms with E-state index in [9.17, 15) is 0 Å². The van der Waals surface area contributed by atoms with Crippen LogP contribution in [0.2, 0.25) is 0 Å². The number of anilines is 4. The highest BCUT2D eigenvalue weighted by molar-refractivity contribution is 5.55. The minimum Gasteiger partial charge on any atom is -0.378 e. The Hall–Kier alpha value is -4.05. The summed E-state index contributed by atoms with van der Waals surface area (Å²) in [5.41, 5.74) is 10.2. The van der Waals surface area contributed by atoms with Crippen LogP contribution < -0.4 is 21.7 Å². The lowest BCUT2D eigenvalue weighted by molar-refractivity contribution is 0.0547. The van der Waals surface area contributed by atoms with E-state index in [4.69, 9.17) is 15.2 Å². The minimum atomic E-state index is 0.453. The van der Waals surface area contributed by atoms with Crippen molar-refractivity contribution in [3.63, 3.8) is 0 Å². The van der Waals surface area contributed by atoms with E-state index in [2.05, 4.69) is 79.4 Å². The number of nitrogens with zero attached hydrogens (tertiary/aromatic N) is 3. The molecule has 5 N–H and O–H groups in total. The van der Waals surface area contributed by atoms with E-state index in [1.807, 2.05) is 36.4 Å². The number of nitrogens with two attached hydrogens (primary N) is 1. The highest BCUT2D eigenvalue weighted by Gasteiger charge is 2.09. The fraction of sp³-hybridized carbons (Fsp3) is 0.300. The van der Waals surface area contributed by atoms with E-state index in [0.717, 1.165) is 18.5 Å². The second kappa shape index (κ2) is 16.0. The lowest BCUT2D eigenvalue weighted by Gasteiger charge is -2.13. The molecule has 0 atom stereocenters. The monoisotopic (exact) mass is 527 g/mol. The molecular weight excluding hydrogens is 490 g/mol. The fourth-order valence-corrected chi connectivity index (χ4v) is 3.95. The summed E-state index contributed by atoms with van der Waals surface area (Å²) < 4.78 is 10.9. The molecule has 0 fully saturated rings. The van der Waals surface area contributed by atoms with Crippen LogP contribution >= 0.6 is 0 Å². The van der Waals surface area contributed by atoms with Gasteiger partial charge in [-0.2, -0.15) is 15.0 Å². The Labute approximate surface area is 230 Å². The van der Waals surface area contributed by atoms with Crippen molar-refractivity contribution in [3.8, 4) is 0 Å². The summed E-state index contributed by atoms with van der Waals surface area (Å²) in [5.74, 6) is 1.40. The van der Waals surface area contributed by atoms with Gasteiger partial charge in [-0.05, 0) is 41.7 Å². The highest BCUT2D eigenvalue weighted by atomic mass is 16.5. The normalized spacial score (nSPS) is 10.8. The molecule has 4 aromatic rings. The molecular formula is C30H37N7O2. The molecule has 4 rings (SSSR count). The van der Waals surface area contributed by atoms with Gasteiger partial charge in [0.1, 0.15) is 0 Å². The Kier molecular flexibility index (Phi) is 11.5. The largest absolute Gasteiger partial charge is 0.378 e. The summed E-state index contributed by atoms with van der Waals surface area (Å²) in [6, 6.07) is 28.9. The summed E-state index contributed by atoms with van der Waals surface area (Å²) >= 11 is 0.